The van der Waals surface area contributed by atoms with Crippen LogP contribution in [0.25, 0.3) is 0 Å². The lowest BCUT2D eigenvalue weighted by Crippen LogP contribution is -2.42. The highest BCUT2D eigenvalue weighted by Gasteiger charge is 2.24. The van der Waals surface area contributed by atoms with Crippen molar-refractivity contribution in [3.63, 3.8) is 0 Å². The number of rotatable bonds is 8. The van der Waals surface area contributed by atoms with Gasteiger partial charge in [-0.1, -0.05) is 33.6 Å². The van der Waals surface area contributed by atoms with Gasteiger partial charge in [0.25, 0.3) is 0 Å². The van der Waals surface area contributed by atoms with Gasteiger partial charge in [0, 0.05) is 5.54 Å². The summed E-state index contributed by atoms with van der Waals surface area (Å²) >= 11 is 0. The SMILES string of the molecule is CC(C)(C)CC(C)(C)NCCCCCCN. The minimum Gasteiger partial charge on any atom is -0.330 e. The first-order valence-electron chi connectivity index (χ1n) is 6.72. The monoisotopic (exact) mass is 228 g/mol. The van der Waals surface area contributed by atoms with Crippen LogP contribution in [0.4, 0.5) is 0 Å². The maximum atomic E-state index is 5.47. The second-order valence-electron chi connectivity index (χ2n) is 6.75. The maximum absolute atomic E-state index is 5.47. The predicted molar refractivity (Wildman–Crippen MR) is 73.7 cm³/mol. The van der Waals surface area contributed by atoms with Gasteiger partial charge < -0.3 is 11.1 Å². The highest BCUT2D eigenvalue weighted by atomic mass is 14.9. The molecule has 2 heteroatoms. The van der Waals surface area contributed by atoms with Crippen LogP contribution in [0.1, 0.15) is 66.7 Å². The first-order chi connectivity index (χ1) is 7.27. The fourth-order valence-corrected chi connectivity index (χ4v) is 2.44. The van der Waals surface area contributed by atoms with Crippen LogP contribution >= 0.6 is 0 Å². The molecule has 0 unspecified atom stereocenters. The molecule has 0 aromatic carbocycles. The van der Waals surface area contributed by atoms with Crippen LogP contribution in [0.15, 0.2) is 0 Å². The average molecular weight is 228 g/mol. The van der Waals surface area contributed by atoms with Gasteiger partial charge in [0.1, 0.15) is 0 Å². The molecule has 3 N–H and O–H groups in total. The molecule has 0 aromatic heterocycles. The molecule has 2 nitrogen and oxygen atoms in total. The average Bonchev–Trinajstić information content (AvgIpc) is 2.06. The molecule has 0 radical (unpaired) electrons. The molecule has 0 bridgehead atoms. The molecule has 0 amide bonds. The lowest BCUT2D eigenvalue weighted by atomic mass is 9.82. The smallest absolute Gasteiger partial charge is 0.0130 e. The van der Waals surface area contributed by atoms with Crippen molar-refractivity contribution >= 4 is 0 Å². The summed E-state index contributed by atoms with van der Waals surface area (Å²) in [6.07, 6.45) is 6.23. The summed E-state index contributed by atoms with van der Waals surface area (Å²) < 4.78 is 0. The third-order valence-electron chi connectivity index (χ3n) is 2.71. The van der Waals surface area contributed by atoms with E-state index in [1.807, 2.05) is 0 Å². The minimum absolute atomic E-state index is 0.256. The van der Waals surface area contributed by atoms with Gasteiger partial charge in [-0.15, -0.1) is 0 Å². The largest absolute Gasteiger partial charge is 0.330 e. The van der Waals surface area contributed by atoms with Gasteiger partial charge in [0.05, 0.1) is 0 Å². The highest BCUT2D eigenvalue weighted by Crippen LogP contribution is 2.26. The fourth-order valence-electron chi connectivity index (χ4n) is 2.44. The van der Waals surface area contributed by atoms with Crippen molar-refractivity contribution in [2.75, 3.05) is 13.1 Å². The number of hydrogen-bond acceptors (Lipinski definition) is 2. The quantitative estimate of drug-likeness (QED) is 0.626. The van der Waals surface area contributed by atoms with E-state index in [-0.39, 0.29) is 5.54 Å². The first-order valence-corrected chi connectivity index (χ1v) is 6.72. The predicted octanol–water partition coefficient (Wildman–Crippen LogP) is 3.31. The van der Waals surface area contributed by atoms with E-state index < -0.39 is 0 Å². The molecule has 0 rings (SSSR count). The molecule has 16 heavy (non-hydrogen) atoms. The minimum atomic E-state index is 0.256. The number of nitrogens with one attached hydrogen (secondary N) is 1. The summed E-state index contributed by atoms with van der Waals surface area (Å²) in [6, 6.07) is 0. The van der Waals surface area contributed by atoms with Gasteiger partial charge in [-0.2, -0.15) is 0 Å². The molecule has 0 saturated carbocycles. The molecule has 0 atom stereocenters. The Bertz CT molecular complexity index is 168. The Morgan fingerprint density at radius 3 is 1.94 bits per heavy atom. The topological polar surface area (TPSA) is 38.0 Å². The van der Waals surface area contributed by atoms with E-state index in [0.29, 0.717) is 5.41 Å². The van der Waals surface area contributed by atoms with Crippen LogP contribution in [0, 0.1) is 5.41 Å². The molecule has 0 aliphatic heterocycles. The van der Waals surface area contributed by atoms with Gasteiger partial charge in [0.2, 0.25) is 0 Å². The molecule has 0 saturated heterocycles. The van der Waals surface area contributed by atoms with Crippen LogP contribution in [0.3, 0.4) is 0 Å². The second kappa shape index (κ2) is 7.29. The van der Waals surface area contributed by atoms with Gasteiger partial charge >= 0.3 is 0 Å². The van der Waals surface area contributed by atoms with Crippen LogP contribution in [-0.4, -0.2) is 18.6 Å². The summed E-state index contributed by atoms with van der Waals surface area (Å²) in [4.78, 5) is 0. The van der Waals surface area contributed by atoms with Crippen molar-refractivity contribution in [1.29, 1.82) is 0 Å². The molecular formula is C14H32N2. The van der Waals surface area contributed by atoms with Crippen LogP contribution in [-0.2, 0) is 0 Å². The normalized spacial score (nSPS) is 13.1. The van der Waals surface area contributed by atoms with Crippen molar-refractivity contribution in [1.82, 2.24) is 5.32 Å². The van der Waals surface area contributed by atoms with Gasteiger partial charge in [-0.05, 0) is 51.6 Å². The standard InChI is InChI=1S/C14H32N2/c1-13(2,3)12-14(4,5)16-11-9-7-6-8-10-15/h16H,6-12,15H2,1-5H3. The van der Waals surface area contributed by atoms with E-state index in [4.69, 9.17) is 5.73 Å². The van der Waals surface area contributed by atoms with E-state index in [2.05, 4.69) is 39.9 Å². The molecule has 0 heterocycles. The number of unbranched alkanes of at least 4 members (excludes halogenated alkanes) is 3. The van der Waals surface area contributed by atoms with Gasteiger partial charge in [0.15, 0.2) is 0 Å². The Hall–Kier alpha value is -0.0800. The Kier molecular flexibility index (Phi) is 7.25. The zero-order valence-corrected chi connectivity index (χ0v) is 12.0. The highest BCUT2D eigenvalue weighted by molar-refractivity contribution is 4.82. The molecular weight excluding hydrogens is 196 g/mol. The summed E-state index contributed by atoms with van der Waals surface area (Å²) in [5, 5.41) is 3.66. The van der Waals surface area contributed by atoms with E-state index >= 15 is 0 Å². The molecule has 0 spiro atoms. The third-order valence-corrected chi connectivity index (χ3v) is 2.71. The summed E-state index contributed by atoms with van der Waals surface area (Å²) in [5.41, 5.74) is 6.12. The Morgan fingerprint density at radius 2 is 1.44 bits per heavy atom. The van der Waals surface area contributed by atoms with Crippen LogP contribution in [0.5, 0.6) is 0 Å². The fraction of sp³-hybridized carbons (Fsp3) is 1.00. The van der Waals surface area contributed by atoms with Crippen molar-refractivity contribution in [3.05, 3.63) is 0 Å². The van der Waals surface area contributed by atoms with Crippen molar-refractivity contribution in [2.24, 2.45) is 11.1 Å². The van der Waals surface area contributed by atoms with Crippen molar-refractivity contribution < 1.29 is 0 Å². The lowest BCUT2D eigenvalue weighted by molar-refractivity contribution is 0.241. The lowest BCUT2D eigenvalue weighted by Gasteiger charge is -2.33. The first kappa shape index (κ1) is 15.9. The molecule has 0 aromatic rings. The number of hydrogen-bond donors (Lipinski definition) is 2. The summed E-state index contributed by atoms with van der Waals surface area (Å²) in [5.74, 6) is 0. The summed E-state index contributed by atoms with van der Waals surface area (Å²) in [6.45, 7) is 13.5. The van der Waals surface area contributed by atoms with Crippen molar-refractivity contribution in [3.8, 4) is 0 Å². The zero-order valence-electron chi connectivity index (χ0n) is 12.0. The van der Waals surface area contributed by atoms with Crippen LogP contribution in [0.2, 0.25) is 0 Å². The van der Waals surface area contributed by atoms with E-state index in [9.17, 15) is 0 Å². The molecule has 0 fully saturated rings. The second-order valence-corrected chi connectivity index (χ2v) is 6.75. The Balaban J connectivity index is 3.58. The number of nitrogens with two attached hydrogens (primary N) is 1. The maximum Gasteiger partial charge on any atom is 0.0130 e. The summed E-state index contributed by atoms with van der Waals surface area (Å²) in [7, 11) is 0. The molecule has 0 aliphatic rings. The molecule has 0 aliphatic carbocycles. The molecule has 98 valence electrons. The van der Waals surface area contributed by atoms with Gasteiger partial charge in [-0.25, -0.2) is 0 Å². The van der Waals surface area contributed by atoms with E-state index in [1.165, 1.54) is 32.1 Å². The van der Waals surface area contributed by atoms with Gasteiger partial charge in [-0.3, -0.25) is 0 Å². The van der Waals surface area contributed by atoms with Crippen LogP contribution < -0.4 is 11.1 Å². The van der Waals surface area contributed by atoms with Crippen molar-refractivity contribution in [2.45, 2.75) is 72.3 Å². The van der Waals surface area contributed by atoms with E-state index in [0.717, 1.165) is 13.1 Å². The third kappa shape index (κ3) is 10.4. The van der Waals surface area contributed by atoms with E-state index in [1.54, 1.807) is 0 Å². The zero-order chi connectivity index (χ0) is 12.7. The Labute approximate surface area is 102 Å². The Morgan fingerprint density at radius 1 is 0.875 bits per heavy atom.